The van der Waals surface area contributed by atoms with Crippen LogP contribution >= 0.6 is 0 Å². The highest BCUT2D eigenvalue weighted by atomic mass is 14.7. The summed E-state index contributed by atoms with van der Waals surface area (Å²) in [6.07, 6.45) is 0. The van der Waals surface area contributed by atoms with Crippen LogP contribution in [0, 0.1) is 0 Å². The molecule has 0 aliphatic rings. The van der Waals surface area contributed by atoms with E-state index < -0.39 is 0 Å². The fourth-order valence-corrected chi connectivity index (χ4v) is 0.112. The van der Waals surface area contributed by atoms with E-state index in [0.717, 1.165) is 6.54 Å². The van der Waals surface area contributed by atoms with Gasteiger partial charge in [0.25, 0.3) is 0 Å². The van der Waals surface area contributed by atoms with Crippen molar-refractivity contribution in [2.45, 2.75) is 6.92 Å². The Balaban J connectivity index is 2.93. The molecule has 28 valence electrons. The normalized spacial score (nSPS) is 5.80. The first-order chi connectivity index (χ1) is 2.41. The molecule has 0 saturated carbocycles. The molecule has 0 fully saturated rings. The van der Waals surface area contributed by atoms with Gasteiger partial charge in [-0.05, 0) is 19.4 Å². The quantitative estimate of drug-likeness (QED) is 0.405. The summed E-state index contributed by atoms with van der Waals surface area (Å²) in [6.45, 7) is 6.00. The van der Waals surface area contributed by atoms with Gasteiger partial charge in [-0.1, -0.05) is 0 Å². The topological polar surface area (TPSA) is 12.4 Å². The molecule has 0 amide bonds. The van der Waals surface area contributed by atoms with E-state index in [1.807, 2.05) is 6.92 Å². The first kappa shape index (κ1) is 4.45. The molecule has 1 heteroatoms. The van der Waals surface area contributed by atoms with Crippen molar-refractivity contribution in [3.8, 4) is 0 Å². The molecule has 5 heavy (non-hydrogen) atoms. The van der Waals surface area contributed by atoms with Crippen LogP contribution in [-0.2, 0) is 0 Å². The summed E-state index contributed by atoms with van der Waals surface area (Å²) in [7, 11) is 0. The number of hydrogen-bond acceptors (Lipinski definition) is 1. The molecule has 0 aromatic carbocycles. The van der Waals surface area contributed by atoms with Gasteiger partial charge in [0.1, 0.15) is 0 Å². The van der Waals surface area contributed by atoms with Crippen LogP contribution in [0.1, 0.15) is 6.92 Å². The Labute approximate surface area is 32.0 Å². The molecule has 0 aliphatic heterocycles. The fourth-order valence-electron chi connectivity index (χ4n) is 0.112. The van der Waals surface area contributed by atoms with Crippen molar-refractivity contribution < 1.29 is 0 Å². The van der Waals surface area contributed by atoms with E-state index in [2.05, 4.69) is 17.4 Å². The smallest absolute Gasteiger partial charge is 0.0455 e. The molecule has 0 N–H and O–H groups in total. The molecule has 0 aromatic heterocycles. The average molecular weight is 69.1 g/mol. The van der Waals surface area contributed by atoms with Crippen LogP contribution in [0.15, 0.2) is 11.6 Å². The second-order valence-corrected chi connectivity index (χ2v) is 0.632. The van der Waals surface area contributed by atoms with Gasteiger partial charge in [0.2, 0.25) is 0 Å². The minimum atomic E-state index is 0.795. The summed E-state index contributed by atoms with van der Waals surface area (Å²) >= 11 is 0. The standard InChI is InChI=1S/C4H7N/c1-3-5-4-2/h1,4H2,2H3. The Kier molecular flexibility index (Phi) is 3.07. The third-order valence-corrected chi connectivity index (χ3v) is 0.270. The number of aliphatic imine (C=N–C) groups is 1. The molecule has 0 aliphatic carbocycles. The fraction of sp³-hybridized carbons (Fsp3) is 0.500. The Morgan fingerprint density at radius 3 is 2.60 bits per heavy atom. The van der Waals surface area contributed by atoms with Crippen LogP contribution in [-0.4, -0.2) is 12.4 Å². The molecule has 0 atom stereocenters. The highest BCUT2D eigenvalue weighted by Gasteiger charge is 1.48. The van der Waals surface area contributed by atoms with E-state index in [9.17, 15) is 0 Å². The number of nitrogens with zero attached hydrogens (tertiary/aromatic N) is 1. The van der Waals surface area contributed by atoms with Gasteiger partial charge in [-0.15, -0.1) is 0 Å². The monoisotopic (exact) mass is 69.1 g/mol. The van der Waals surface area contributed by atoms with Crippen LogP contribution in [0.2, 0.25) is 0 Å². The van der Waals surface area contributed by atoms with Gasteiger partial charge in [0.15, 0.2) is 0 Å². The van der Waals surface area contributed by atoms with Crippen LogP contribution in [0.3, 0.4) is 0 Å². The maximum absolute atomic E-state index is 3.61. The largest absolute Gasteiger partial charge is 0.244 e. The number of hydrogen-bond donors (Lipinski definition) is 0. The van der Waals surface area contributed by atoms with Gasteiger partial charge >= 0.3 is 0 Å². The lowest BCUT2D eigenvalue weighted by atomic mass is 10.8. The molecule has 0 rings (SSSR count). The van der Waals surface area contributed by atoms with Gasteiger partial charge < -0.3 is 0 Å². The van der Waals surface area contributed by atoms with E-state index in [0.29, 0.717) is 0 Å². The summed E-state index contributed by atoms with van der Waals surface area (Å²) in [6, 6.07) is 0. The maximum atomic E-state index is 3.61. The van der Waals surface area contributed by atoms with Gasteiger partial charge in [0, 0.05) is 6.54 Å². The van der Waals surface area contributed by atoms with Crippen molar-refractivity contribution in [2.24, 2.45) is 4.99 Å². The van der Waals surface area contributed by atoms with E-state index in [1.54, 1.807) is 0 Å². The molecule has 0 saturated heterocycles. The summed E-state index contributed by atoms with van der Waals surface area (Å²) < 4.78 is 0. The number of rotatable bonds is 1. The van der Waals surface area contributed by atoms with Gasteiger partial charge in [0.05, 0.1) is 0 Å². The second kappa shape index (κ2) is 3.45. The van der Waals surface area contributed by atoms with Crippen molar-refractivity contribution in [3.05, 3.63) is 6.58 Å². The summed E-state index contributed by atoms with van der Waals surface area (Å²) in [4.78, 5) is 3.61. The molecule has 0 unspecified atom stereocenters. The lowest BCUT2D eigenvalue weighted by molar-refractivity contribution is 1.15. The van der Waals surface area contributed by atoms with Crippen molar-refractivity contribution in [1.82, 2.24) is 0 Å². The van der Waals surface area contributed by atoms with Crippen LogP contribution < -0.4 is 0 Å². The Hall–Kier alpha value is -0.550. The Morgan fingerprint density at radius 1 is 2.00 bits per heavy atom. The van der Waals surface area contributed by atoms with Crippen molar-refractivity contribution in [1.29, 1.82) is 0 Å². The van der Waals surface area contributed by atoms with Crippen molar-refractivity contribution in [3.63, 3.8) is 0 Å². The van der Waals surface area contributed by atoms with E-state index in [1.165, 1.54) is 0 Å². The van der Waals surface area contributed by atoms with Crippen LogP contribution in [0.25, 0.3) is 0 Å². The van der Waals surface area contributed by atoms with Gasteiger partial charge in [-0.25, -0.2) is 4.99 Å². The zero-order chi connectivity index (χ0) is 4.12. The van der Waals surface area contributed by atoms with Crippen molar-refractivity contribution >= 4 is 5.87 Å². The molecule has 0 radical (unpaired) electrons. The molecule has 0 spiro atoms. The highest BCUT2D eigenvalue weighted by Crippen LogP contribution is 1.53. The van der Waals surface area contributed by atoms with Gasteiger partial charge in [-0.3, -0.25) is 0 Å². The molecular weight excluding hydrogens is 62.1 g/mol. The Bertz CT molecular complexity index is 50.7. The lowest BCUT2D eigenvalue weighted by Gasteiger charge is -1.61. The highest BCUT2D eigenvalue weighted by molar-refractivity contribution is 5.46. The van der Waals surface area contributed by atoms with Gasteiger partial charge in [-0.2, -0.15) is 0 Å². The van der Waals surface area contributed by atoms with E-state index >= 15 is 0 Å². The van der Waals surface area contributed by atoms with E-state index in [-0.39, 0.29) is 0 Å². The maximum Gasteiger partial charge on any atom is 0.0455 e. The van der Waals surface area contributed by atoms with Crippen molar-refractivity contribution in [2.75, 3.05) is 6.54 Å². The predicted molar refractivity (Wildman–Crippen MR) is 23.6 cm³/mol. The van der Waals surface area contributed by atoms with Crippen LogP contribution in [0.5, 0.6) is 0 Å². The third-order valence-electron chi connectivity index (χ3n) is 0.270. The summed E-state index contributed by atoms with van der Waals surface area (Å²) in [5.74, 6) is 2.39. The molecular formula is C4H7N. The zero-order valence-electron chi connectivity index (χ0n) is 3.36. The minimum Gasteiger partial charge on any atom is -0.244 e. The average Bonchev–Trinajstić information content (AvgIpc) is 1.41. The molecule has 0 aromatic rings. The third kappa shape index (κ3) is 3.45. The first-order valence-electron chi connectivity index (χ1n) is 1.60. The summed E-state index contributed by atoms with van der Waals surface area (Å²) in [5.41, 5.74) is 0. The van der Waals surface area contributed by atoms with E-state index in [4.69, 9.17) is 0 Å². The second-order valence-electron chi connectivity index (χ2n) is 0.632. The lowest BCUT2D eigenvalue weighted by Crippen LogP contribution is -1.58. The van der Waals surface area contributed by atoms with Crippen LogP contribution in [0.4, 0.5) is 0 Å². The molecule has 0 heterocycles. The Morgan fingerprint density at radius 2 is 2.60 bits per heavy atom. The summed E-state index contributed by atoms with van der Waals surface area (Å²) in [5, 5.41) is 0. The first-order valence-corrected chi connectivity index (χ1v) is 1.60. The predicted octanol–water partition coefficient (Wildman–Crippen LogP) is 0.862. The molecule has 0 bridgehead atoms. The molecule has 1 nitrogen and oxygen atoms in total. The zero-order valence-corrected chi connectivity index (χ0v) is 3.36. The minimum absolute atomic E-state index is 0.795. The SMILES string of the molecule is C=C=NCC.